The highest BCUT2D eigenvalue weighted by Gasteiger charge is 2.13. The standard InChI is InChI=1S/C19H16O3/c1-22-18-4-2-3-17(13-5-9-15(20)10-6-13)19(18)14-7-11-16(21)12-8-14/h2-12,20-21H,1H3. The fourth-order valence-corrected chi connectivity index (χ4v) is 2.51. The Morgan fingerprint density at radius 3 is 1.77 bits per heavy atom. The molecule has 0 amide bonds. The zero-order valence-corrected chi connectivity index (χ0v) is 12.2. The van der Waals surface area contributed by atoms with Crippen LogP contribution >= 0.6 is 0 Å². The number of benzene rings is 3. The van der Waals surface area contributed by atoms with Gasteiger partial charge in [0.15, 0.2) is 0 Å². The second-order valence-corrected chi connectivity index (χ2v) is 4.98. The summed E-state index contributed by atoms with van der Waals surface area (Å²) in [5.41, 5.74) is 3.90. The van der Waals surface area contributed by atoms with E-state index in [0.717, 1.165) is 28.0 Å². The molecule has 0 bridgehead atoms. The first-order valence-electron chi connectivity index (χ1n) is 6.95. The topological polar surface area (TPSA) is 49.7 Å². The van der Waals surface area contributed by atoms with Crippen LogP contribution in [0.25, 0.3) is 22.3 Å². The molecule has 110 valence electrons. The van der Waals surface area contributed by atoms with Gasteiger partial charge in [-0.1, -0.05) is 36.4 Å². The molecule has 0 aromatic heterocycles. The molecule has 0 aliphatic carbocycles. The second kappa shape index (κ2) is 5.82. The van der Waals surface area contributed by atoms with Crippen LogP contribution in [0.3, 0.4) is 0 Å². The van der Waals surface area contributed by atoms with Gasteiger partial charge in [0, 0.05) is 5.56 Å². The predicted octanol–water partition coefficient (Wildman–Crippen LogP) is 4.44. The molecule has 2 N–H and O–H groups in total. The van der Waals surface area contributed by atoms with Gasteiger partial charge < -0.3 is 14.9 Å². The molecule has 3 aromatic carbocycles. The Bertz CT molecular complexity index is 775. The summed E-state index contributed by atoms with van der Waals surface area (Å²) in [6.45, 7) is 0. The fraction of sp³-hybridized carbons (Fsp3) is 0.0526. The van der Waals surface area contributed by atoms with Gasteiger partial charge in [0.05, 0.1) is 7.11 Å². The molecule has 0 aliphatic rings. The molecule has 0 aliphatic heterocycles. The van der Waals surface area contributed by atoms with Gasteiger partial charge in [0.2, 0.25) is 0 Å². The van der Waals surface area contributed by atoms with Crippen LogP contribution in [0.2, 0.25) is 0 Å². The third kappa shape index (κ3) is 2.61. The third-order valence-corrected chi connectivity index (χ3v) is 3.58. The van der Waals surface area contributed by atoms with Crippen molar-refractivity contribution in [3.05, 3.63) is 66.7 Å². The van der Waals surface area contributed by atoms with E-state index in [2.05, 4.69) is 0 Å². The van der Waals surface area contributed by atoms with Crippen molar-refractivity contribution < 1.29 is 14.9 Å². The number of ether oxygens (including phenoxy) is 1. The lowest BCUT2D eigenvalue weighted by Crippen LogP contribution is -1.91. The average Bonchev–Trinajstić information content (AvgIpc) is 2.56. The minimum atomic E-state index is 0.227. The number of phenolic OH excluding ortho intramolecular Hbond substituents is 2. The van der Waals surface area contributed by atoms with Crippen molar-refractivity contribution in [2.45, 2.75) is 0 Å². The molecule has 0 radical (unpaired) electrons. The maximum atomic E-state index is 9.49. The van der Waals surface area contributed by atoms with Gasteiger partial charge in [-0.3, -0.25) is 0 Å². The molecular formula is C19H16O3. The monoisotopic (exact) mass is 292 g/mol. The van der Waals surface area contributed by atoms with Gasteiger partial charge in [0.1, 0.15) is 17.2 Å². The molecule has 22 heavy (non-hydrogen) atoms. The summed E-state index contributed by atoms with van der Waals surface area (Å²) >= 11 is 0. The Hall–Kier alpha value is -2.94. The normalized spacial score (nSPS) is 10.4. The first kappa shape index (κ1) is 14.0. The molecule has 3 aromatic rings. The zero-order valence-electron chi connectivity index (χ0n) is 12.2. The summed E-state index contributed by atoms with van der Waals surface area (Å²) in [7, 11) is 1.64. The SMILES string of the molecule is COc1cccc(-c2ccc(O)cc2)c1-c1ccc(O)cc1. The first-order valence-corrected chi connectivity index (χ1v) is 6.95. The molecule has 3 nitrogen and oxygen atoms in total. The number of phenols is 2. The van der Waals surface area contributed by atoms with Crippen LogP contribution in [0.5, 0.6) is 17.2 Å². The highest BCUT2D eigenvalue weighted by atomic mass is 16.5. The van der Waals surface area contributed by atoms with Gasteiger partial charge in [-0.2, -0.15) is 0 Å². The van der Waals surface area contributed by atoms with E-state index in [9.17, 15) is 10.2 Å². The molecule has 0 heterocycles. The van der Waals surface area contributed by atoms with Gasteiger partial charge in [-0.05, 0) is 47.0 Å². The lowest BCUT2D eigenvalue weighted by molar-refractivity contribution is 0.416. The summed E-state index contributed by atoms with van der Waals surface area (Å²) in [4.78, 5) is 0. The minimum Gasteiger partial charge on any atom is -0.508 e. The van der Waals surface area contributed by atoms with Crippen molar-refractivity contribution in [3.63, 3.8) is 0 Å². The van der Waals surface area contributed by atoms with E-state index in [1.807, 2.05) is 42.5 Å². The van der Waals surface area contributed by atoms with E-state index >= 15 is 0 Å². The van der Waals surface area contributed by atoms with Crippen LogP contribution in [0.1, 0.15) is 0 Å². The maximum absolute atomic E-state index is 9.49. The van der Waals surface area contributed by atoms with Crippen molar-refractivity contribution in [1.82, 2.24) is 0 Å². The summed E-state index contributed by atoms with van der Waals surface area (Å²) in [5.74, 6) is 1.22. The summed E-state index contributed by atoms with van der Waals surface area (Å²) < 4.78 is 5.50. The number of hydrogen-bond acceptors (Lipinski definition) is 3. The number of rotatable bonds is 3. The van der Waals surface area contributed by atoms with Crippen molar-refractivity contribution in [1.29, 1.82) is 0 Å². The number of hydrogen-bond donors (Lipinski definition) is 2. The molecule has 0 atom stereocenters. The quantitative estimate of drug-likeness (QED) is 0.750. The van der Waals surface area contributed by atoms with E-state index in [4.69, 9.17) is 4.74 Å². The maximum Gasteiger partial charge on any atom is 0.127 e. The predicted molar refractivity (Wildman–Crippen MR) is 87.2 cm³/mol. The van der Waals surface area contributed by atoms with Crippen LogP contribution in [0.4, 0.5) is 0 Å². The second-order valence-electron chi connectivity index (χ2n) is 4.98. The zero-order chi connectivity index (χ0) is 15.5. The highest BCUT2D eigenvalue weighted by Crippen LogP contribution is 2.39. The first-order chi connectivity index (χ1) is 10.7. The largest absolute Gasteiger partial charge is 0.508 e. The van der Waals surface area contributed by atoms with Crippen LogP contribution in [-0.4, -0.2) is 17.3 Å². The lowest BCUT2D eigenvalue weighted by Gasteiger charge is -2.15. The molecule has 0 saturated heterocycles. The molecule has 3 heteroatoms. The van der Waals surface area contributed by atoms with Crippen LogP contribution in [0, 0.1) is 0 Å². The smallest absolute Gasteiger partial charge is 0.127 e. The third-order valence-electron chi connectivity index (χ3n) is 3.58. The van der Waals surface area contributed by atoms with Crippen molar-refractivity contribution in [2.24, 2.45) is 0 Å². The summed E-state index contributed by atoms with van der Waals surface area (Å²) in [6, 6.07) is 19.9. The average molecular weight is 292 g/mol. The fourth-order valence-electron chi connectivity index (χ4n) is 2.51. The molecule has 0 saturated carbocycles. The van der Waals surface area contributed by atoms with Crippen LogP contribution in [0.15, 0.2) is 66.7 Å². The Morgan fingerprint density at radius 2 is 1.23 bits per heavy atom. The van der Waals surface area contributed by atoms with E-state index in [0.29, 0.717) is 0 Å². The van der Waals surface area contributed by atoms with Crippen molar-refractivity contribution in [3.8, 4) is 39.5 Å². The molecule has 0 spiro atoms. The van der Waals surface area contributed by atoms with E-state index in [1.54, 1.807) is 31.4 Å². The summed E-state index contributed by atoms with van der Waals surface area (Å²) in [5, 5.41) is 19.0. The van der Waals surface area contributed by atoms with E-state index in [-0.39, 0.29) is 11.5 Å². The Balaban J connectivity index is 2.22. The minimum absolute atomic E-state index is 0.227. The van der Waals surface area contributed by atoms with Gasteiger partial charge in [-0.25, -0.2) is 0 Å². The van der Waals surface area contributed by atoms with E-state index < -0.39 is 0 Å². The van der Waals surface area contributed by atoms with Gasteiger partial charge >= 0.3 is 0 Å². The van der Waals surface area contributed by atoms with Crippen molar-refractivity contribution >= 4 is 0 Å². The Labute approximate surface area is 129 Å². The lowest BCUT2D eigenvalue weighted by atomic mass is 9.93. The summed E-state index contributed by atoms with van der Waals surface area (Å²) in [6.07, 6.45) is 0. The van der Waals surface area contributed by atoms with Crippen LogP contribution in [-0.2, 0) is 0 Å². The van der Waals surface area contributed by atoms with Crippen LogP contribution < -0.4 is 4.74 Å². The highest BCUT2D eigenvalue weighted by molar-refractivity contribution is 5.87. The number of methoxy groups -OCH3 is 1. The Kier molecular flexibility index (Phi) is 3.71. The number of aromatic hydroxyl groups is 2. The van der Waals surface area contributed by atoms with Gasteiger partial charge in [-0.15, -0.1) is 0 Å². The molecule has 3 rings (SSSR count). The van der Waals surface area contributed by atoms with Crippen molar-refractivity contribution in [2.75, 3.05) is 7.11 Å². The molecule has 0 fully saturated rings. The molecular weight excluding hydrogens is 276 g/mol. The van der Waals surface area contributed by atoms with E-state index in [1.165, 1.54) is 0 Å². The molecule has 0 unspecified atom stereocenters. The van der Waals surface area contributed by atoms with Gasteiger partial charge in [0.25, 0.3) is 0 Å². The Morgan fingerprint density at radius 1 is 0.682 bits per heavy atom.